The molecule has 2 heteroatoms. The lowest BCUT2D eigenvalue weighted by Crippen LogP contribution is -2.32. The van der Waals surface area contributed by atoms with Crippen molar-refractivity contribution >= 4 is 0 Å². The minimum atomic E-state index is 0.140. The molecule has 0 aromatic heterocycles. The number of terminal acetylenes is 1. The van der Waals surface area contributed by atoms with E-state index in [9.17, 15) is 0 Å². The van der Waals surface area contributed by atoms with Gasteiger partial charge >= 0.3 is 0 Å². The van der Waals surface area contributed by atoms with E-state index in [1.54, 1.807) is 0 Å². The first-order valence-corrected chi connectivity index (χ1v) is 5.73. The lowest BCUT2D eigenvalue weighted by Gasteiger charge is -2.30. The van der Waals surface area contributed by atoms with Gasteiger partial charge in [-0.25, -0.2) is 0 Å². The summed E-state index contributed by atoms with van der Waals surface area (Å²) in [6.45, 7) is 0.755. The second-order valence-corrected chi connectivity index (χ2v) is 4.19. The fourth-order valence-corrected chi connectivity index (χ4v) is 2.27. The minimum absolute atomic E-state index is 0.140. The normalized spacial score (nSPS) is 20.4. The first kappa shape index (κ1) is 11.0. The molecule has 0 saturated carbocycles. The summed E-state index contributed by atoms with van der Waals surface area (Å²) in [5, 5.41) is 0. The highest BCUT2D eigenvalue weighted by Gasteiger charge is 2.25. The van der Waals surface area contributed by atoms with Crippen LogP contribution in [0.2, 0.25) is 0 Å². The van der Waals surface area contributed by atoms with Gasteiger partial charge in [0.2, 0.25) is 0 Å². The zero-order valence-corrected chi connectivity index (χ0v) is 9.36. The van der Waals surface area contributed by atoms with E-state index < -0.39 is 0 Å². The molecule has 0 aliphatic carbocycles. The topological polar surface area (TPSA) is 35.2 Å². The van der Waals surface area contributed by atoms with Gasteiger partial charge in [-0.3, -0.25) is 0 Å². The summed E-state index contributed by atoms with van der Waals surface area (Å²) in [6, 6.07) is 8.29. The average molecular weight is 215 g/mol. The van der Waals surface area contributed by atoms with Gasteiger partial charge in [0.25, 0.3) is 0 Å². The molecule has 2 N–H and O–H groups in total. The molecular formula is C14H17NO. The summed E-state index contributed by atoms with van der Waals surface area (Å²) in [6.07, 6.45) is 7.89. The lowest BCUT2D eigenvalue weighted by molar-refractivity contribution is 0.253. The van der Waals surface area contributed by atoms with E-state index >= 15 is 0 Å². The molecule has 1 aliphatic rings. The lowest BCUT2D eigenvalue weighted by atomic mass is 9.85. The fourth-order valence-electron chi connectivity index (χ4n) is 2.27. The number of hydrogen-bond donors (Lipinski definition) is 1. The number of benzene rings is 1. The van der Waals surface area contributed by atoms with Crippen molar-refractivity contribution in [3.8, 4) is 18.1 Å². The second kappa shape index (κ2) is 5.05. The van der Waals surface area contributed by atoms with Gasteiger partial charge in [-0.2, -0.15) is 0 Å². The summed E-state index contributed by atoms with van der Waals surface area (Å²) in [5.41, 5.74) is 7.43. The van der Waals surface area contributed by atoms with Crippen molar-refractivity contribution in [3.05, 3.63) is 29.8 Å². The first-order chi connectivity index (χ1) is 7.83. The number of ether oxygens (including phenoxy) is 1. The SMILES string of the molecule is C#CCCC(N)C1CCOc2ccccc21. The van der Waals surface area contributed by atoms with Crippen LogP contribution in [0.25, 0.3) is 0 Å². The Kier molecular flexibility index (Phi) is 3.48. The number of rotatable bonds is 3. The predicted molar refractivity (Wildman–Crippen MR) is 65.3 cm³/mol. The van der Waals surface area contributed by atoms with Crippen LogP contribution >= 0.6 is 0 Å². The first-order valence-electron chi connectivity index (χ1n) is 5.73. The van der Waals surface area contributed by atoms with Crippen molar-refractivity contribution in [1.82, 2.24) is 0 Å². The summed E-state index contributed by atoms with van der Waals surface area (Å²) in [7, 11) is 0. The van der Waals surface area contributed by atoms with E-state index in [4.69, 9.17) is 16.9 Å². The second-order valence-electron chi connectivity index (χ2n) is 4.19. The summed E-state index contributed by atoms with van der Waals surface area (Å²) < 4.78 is 5.61. The van der Waals surface area contributed by atoms with Gasteiger partial charge in [-0.1, -0.05) is 18.2 Å². The van der Waals surface area contributed by atoms with Crippen LogP contribution in [-0.2, 0) is 0 Å². The molecule has 2 unspecified atom stereocenters. The Bertz CT molecular complexity index is 394. The van der Waals surface area contributed by atoms with Crippen molar-refractivity contribution in [1.29, 1.82) is 0 Å². The molecule has 0 saturated heterocycles. The van der Waals surface area contributed by atoms with E-state index in [0.29, 0.717) is 5.92 Å². The van der Waals surface area contributed by atoms with Crippen LogP contribution in [0.3, 0.4) is 0 Å². The summed E-state index contributed by atoms with van der Waals surface area (Å²) >= 11 is 0. The van der Waals surface area contributed by atoms with Gasteiger partial charge < -0.3 is 10.5 Å². The fraction of sp³-hybridized carbons (Fsp3) is 0.429. The van der Waals surface area contributed by atoms with E-state index in [0.717, 1.165) is 31.6 Å². The molecule has 1 aromatic rings. The van der Waals surface area contributed by atoms with Crippen LogP contribution in [0.5, 0.6) is 5.75 Å². The van der Waals surface area contributed by atoms with Crippen molar-refractivity contribution in [3.63, 3.8) is 0 Å². The van der Waals surface area contributed by atoms with E-state index in [2.05, 4.69) is 12.0 Å². The standard InChI is InChI=1S/C14H17NO/c1-2-3-7-13(15)11-9-10-16-14-8-5-4-6-12(11)14/h1,4-6,8,11,13H,3,7,9-10,15H2. The van der Waals surface area contributed by atoms with Gasteiger partial charge in [0.1, 0.15) is 5.75 Å². The monoisotopic (exact) mass is 215 g/mol. The Balaban J connectivity index is 2.15. The molecule has 0 radical (unpaired) electrons. The highest BCUT2D eigenvalue weighted by Crippen LogP contribution is 2.35. The van der Waals surface area contributed by atoms with Crippen LogP contribution < -0.4 is 10.5 Å². The van der Waals surface area contributed by atoms with Crippen LogP contribution in [0.15, 0.2) is 24.3 Å². The van der Waals surface area contributed by atoms with Crippen LogP contribution in [0.1, 0.15) is 30.7 Å². The Morgan fingerprint density at radius 3 is 3.12 bits per heavy atom. The zero-order valence-electron chi connectivity index (χ0n) is 9.36. The van der Waals surface area contributed by atoms with Gasteiger partial charge in [0, 0.05) is 18.4 Å². The average Bonchev–Trinajstić information content (AvgIpc) is 2.35. The van der Waals surface area contributed by atoms with Gasteiger partial charge in [-0.15, -0.1) is 12.3 Å². The van der Waals surface area contributed by atoms with Crippen LogP contribution in [0, 0.1) is 12.3 Å². The third kappa shape index (κ3) is 2.20. The molecule has 1 aromatic carbocycles. The molecule has 0 spiro atoms. The number of nitrogens with two attached hydrogens (primary N) is 1. The van der Waals surface area contributed by atoms with Crippen molar-refractivity contribution in [2.24, 2.45) is 5.73 Å². The number of fused-ring (bicyclic) bond motifs is 1. The maximum atomic E-state index is 6.20. The number of hydrogen-bond acceptors (Lipinski definition) is 2. The smallest absolute Gasteiger partial charge is 0.122 e. The van der Waals surface area contributed by atoms with Gasteiger partial charge in [0.15, 0.2) is 0 Å². The van der Waals surface area contributed by atoms with E-state index in [-0.39, 0.29) is 6.04 Å². The van der Waals surface area contributed by atoms with Gasteiger partial charge in [0.05, 0.1) is 6.61 Å². The van der Waals surface area contributed by atoms with E-state index in [1.807, 2.05) is 18.2 Å². The Morgan fingerprint density at radius 1 is 1.50 bits per heavy atom. The Hall–Kier alpha value is -1.46. The number of para-hydroxylation sites is 1. The molecule has 1 aliphatic heterocycles. The third-order valence-electron chi connectivity index (χ3n) is 3.14. The Labute approximate surface area is 96.8 Å². The van der Waals surface area contributed by atoms with Crippen molar-refractivity contribution < 1.29 is 4.74 Å². The molecule has 16 heavy (non-hydrogen) atoms. The quantitative estimate of drug-likeness (QED) is 0.785. The molecule has 0 bridgehead atoms. The zero-order chi connectivity index (χ0) is 11.4. The maximum Gasteiger partial charge on any atom is 0.122 e. The third-order valence-corrected chi connectivity index (χ3v) is 3.14. The summed E-state index contributed by atoms with van der Waals surface area (Å²) in [5.74, 6) is 4.02. The molecule has 84 valence electrons. The van der Waals surface area contributed by atoms with E-state index in [1.165, 1.54) is 5.56 Å². The van der Waals surface area contributed by atoms with Crippen LogP contribution in [0.4, 0.5) is 0 Å². The molecule has 2 atom stereocenters. The molecular weight excluding hydrogens is 198 g/mol. The highest BCUT2D eigenvalue weighted by molar-refractivity contribution is 5.38. The molecule has 0 amide bonds. The van der Waals surface area contributed by atoms with Crippen molar-refractivity contribution in [2.75, 3.05) is 6.61 Å². The molecule has 2 rings (SSSR count). The largest absolute Gasteiger partial charge is 0.493 e. The highest BCUT2D eigenvalue weighted by atomic mass is 16.5. The molecule has 1 heterocycles. The minimum Gasteiger partial charge on any atom is -0.493 e. The Morgan fingerprint density at radius 2 is 2.31 bits per heavy atom. The summed E-state index contributed by atoms with van der Waals surface area (Å²) in [4.78, 5) is 0. The molecule has 2 nitrogen and oxygen atoms in total. The van der Waals surface area contributed by atoms with Crippen molar-refractivity contribution in [2.45, 2.75) is 31.2 Å². The van der Waals surface area contributed by atoms with Crippen LogP contribution in [-0.4, -0.2) is 12.6 Å². The maximum absolute atomic E-state index is 6.20. The van der Waals surface area contributed by atoms with Gasteiger partial charge in [-0.05, 0) is 24.5 Å². The molecule has 0 fully saturated rings. The predicted octanol–water partition coefficient (Wildman–Crippen LogP) is 2.29.